The highest BCUT2D eigenvalue weighted by Gasteiger charge is 2.19. The molecule has 1 atom stereocenters. The monoisotopic (exact) mass is 354 g/mol. The lowest BCUT2D eigenvalue weighted by atomic mass is 10.2. The lowest BCUT2D eigenvalue weighted by Gasteiger charge is -2.16. The minimum Gasteiger partial charge on any atom is -0.487 e. The second-order valence-electron chi connectivity index (χ2n) is 6.27. The van der Waals surface area contributed by atoms with Crippen molar-refractivity contribution in [2.24, 2.45) is 0 Å². The Bertz CT molecular complexity index is 855. The molecule has 0 saturated heterocycles. The number of amides is 1. The predicted octanol–water partition coefficient (Wildman–Crippen LogP) is 2.65. The van der Waals surface area contributed by atoms with Crippen molar-refractivity contribution in [2.45, 2.75) is 39.5 Å². The Morgan fingerprint density at radius 3 is 2.77 bits per heavy atom. The van der Waals surface area contributed by atoms with Gasteiger partial charge in [-0.1, -0.05) is 18.2 Å². The van der Waals surface area contributed by atoms with Crippen molar-refractivity contribution in [3.8, 4) is 5.75 Å². The average Bonchev–Trinajstić information content (AvgIpc) is 3.30. The first-order valence-electron chi connectivity index (χ1n) is 8.47. The fourth-order valence-electron chi connectivity index (χ4n) is 2.52. The number of hydrogen-bond donors (Lipinski definition) is 2. The summed E-state index contributed by atoms with van der Waals surface area (Å²) in [6.07, 6.45) is 1.66. The van der Waals surface area contributed by atoms with Crippen LogP contribution in [0.25, 0.3) is 0 Å². The molecular weight excluding hydrogens is 332 g/mol. The van der Waals surface area contributed by atoms with Crippen molar-refractivity contribution >= 4 is 5.91 Å². The molecule has 3 rings (SSSR count). The second-order valence-corrected chi connectivity index (χ2v) is 6.27. The Morgan fingerprint density at radius 1 is 1.27 bits per heavy atom. The lowest BCUT2D eigenvalue weighted by molar-refractivity contribution is 0.0932. The summed E-state index contributed by atoms with van der Waals surface area (Å²) in [7, 11) is 0. The molecular formula is C18H22N6O2. The summed E-state index contributed by atoms with van der Waals surface area (Å²) in [4.78, 5) is 12.4. The Kier molecular flexibility index (Phi) is 5.31. The number of nitrogens with zero attached hydrogens (tertiary/aromatic N) is 4. The maximum Gasteiger partial charge on any atom is 0.272 e. The van der Waals surface area contributed by atoms with Gasteiger partial charge in [-0.25, -0.2) is 0 Å². The number of para-hydroxylation sites is 1. The average molecular weight is 354 g/mol. The molecule has 2 N–H and O–H groups in total. The normalized spacial score (nSPS) is 12.2. The molecule has 0 fully saturated rings. The van der Waals surface area contributed by atoms with Crippen LogP contribution in [0.15, 0.2) is 42.7 Å². The zero-order valence-electron chi connectivity index (χ0n) is 15.0. The van der Waals surface area contributed by atoms with E-state index in [0.717, 1.165) is 11.4 Å². The maximum absolute atomic E-state index is 12.4. The molecule has 2 heterocycles. The summed E-state index contributed by atoms with van der Waals surface area (Å²) in [5.74, 6) is 1.18. The highest BCUT2D eigenvalue weighted by Crippen LogP contribution is 2.15. The van der Waals surface area contributed by atoms with E-state index < -0.39 is 0 Å². The van der Waals surface area contributed by atoms with Gasteiger partial charge in [0.05, 0.1) is 11.7 Å². The van der Waals surface area contributed by atoms with Crippen molar-refractivity contribution in [2.75, 3.05) is 0 Å². The number of aromatic nitrogens is 5. The largest absolute Gasteiger partial charge is 0.487 e. The van der Waals surface area contributed by atoms with Crippen LogP contribution in [-0.4, -0.2) is 30.9 Å². The van der Waals surface area contributed by atoms with E-state index in [2.05, 4.69) is 25.7 Å². The molecule has 0 bridgehead atoms. The first-order valence-corrected chi connectivity index (χ1v) is 8.47. The smallest absolute Gasteiger partial charge is 0.272 e. The van der Waals surface area contributed by atoms with Crippen LogP contribution in [0.5, 0.6) is 5.75 Å². The van der Waals surface area contributed by atoms with Crippen molar-refractivity contribution < 1.29 is 9.53 Å². The van der Waals surface area contributed by atoms with E-state index in [-0.39, 0.29) is 18.0 Å². The summed E-state index contributed by atoms with van der Waals surface area (Å²) < 4.78 is 7.57. The Hall–Kier alpha value is -3.16. The van der Waals surface area contributed by atoms with Gasteiger partial charge in [0.2, 0.25) is 0 Å². The number of nitrogens with one attached hydrogen (secondary N) is 2. The van der Waals surface area contributed by atoms with Gasteiger partial charge in [0.25, 0.3) is 5.91 Å². The molecule has 0 aliphatic carbocycles. The molecule has 136 valence electrons. The number of carbonyl (C=O) groups is 1. The van der Waals surface area contributed by atoms with Crippen LogP contribution in [-0.2, 0) is 6.61 Å². The van der Waals surface area contributed by atoms with Gasteiger partial charge in [-0.3, -0.25) is 9.89 Å². The SMILES string of the molecule is CC(C)n1cnnc1[C@@H](C)NC(=O)c1cc(COc2ccccc2)[nH]n1. The molecule has 2 aromatic heterocycles. The van der Waals surface area contributed by atoms with Gasteiger partial charge in [0, 0.05) is 6.04 Å². The Labute approximate surface area is 151 Å². The zero-order chi connectivity index (χ0) is 18.5. The van der Waals surface area contributed by atoms with Crippen LogP contribution in [0.3, 0.4) is 0 Å². The Balaban J connectivity index is 1.60. The molecule has 0 spiro atoms. The quantitative estimate of drug-likeness (QED) is 0.680. The molecule has 0 aliphatic rings. The highest BCUT2D eigenvalue weighted by atomic mass is 16.5. The highest BCUT2D eigenvalue weighted by molar-refractivity contribution is 5.92. The second kappa shape index (κ2) is 7.81. The molecule has 8 heteroatoms. The number of hydrogen-bond acceptors (Lipinski definition) is 5. The van der Waals surface area contributed by atoms with Gasteiger partial charge in [0.15, 0.2) is 5.82 Å². The summed E-state index contributed by atoms with van der Waals surface area (Å²) in [5, 5.41) is 17.8. The molecule has 1 amide bonds. The van der Waals surface area contributed by atoms with Gasteiger partial charge in [-0.05, 0) is 39.0 Å². The predicted molar refractivity (Wildman–Crippen MR) is 95.6 cm³/mol. The first kappa shape index (κ1) is 17.7. The summed E-state index contributed by atoms with van der Waals surface area (Å²) in [6.45, 7) is 6.25. The number of benzene rings is 1. The third-order valence-electron chi connectivity index (χ3n) is 3.89. The van der Waals surface area contributed by atoms with E-state index in [1.807, 2.05) is 55.7 Å². The van der Waals surface area contributed by atoms with Crippen LogP contribution in [0, 0.1) is 0 Å². The molecule has 0 unspecified atom stereocenters. The third kappa shape index (κ3) is 4.08. The molecule has 1 aromatic carbocycles. The van der Waals surface area contributed by atoms with Gasteiger partial charge >= 0.3 is 0 Å². The molecule has 3 aromatic rings. The van der Waals surface area contributed by atoms with E-state index in [1.54, 1.807) is 12.4 Å². The number of ether oxygens (including phenoxy) is 1. The zero-order valence-corrected chi connectivity index (χ0v) is 15.0. The first-order chi connectivity index (χ1) is 12.5. The lowest BCUT2D eigenvalue weighted by Crippen LogP contribution is -2.29. The molecule has 26 heavy (non-hydrogen) atoms. The summed E-state index contributed by atoms with van der Waals surface area (Å²) in [6, 6.07) is 11.1. The van der Waals surface area contributed by atoms with Crippen LogP contribution in [0.4, 0.5) is 0 Å². The van der Waals surface area contributed by atoms with E-state index in [4.69, 9.17) is 4.74 Å². The molecule has 0 saturated carbocycles. The van der Waals surface area contributed by atoms with E-state index >= 15 is 0 Å². The van der Waals surface area contributed by atoms with Crippen LogP contribution in [0.1, 0.15) is 54.9 Å². The van der Waals surface area contributed by atoms with Crippen molar-refractivity contribution in [3.05, 3.63) is 59.9 Å². The van der Waals surface area contributed by atoms with Crippen LogP contribution in [0.2, 0.25) is 0 Å². The third-order valence-corrected chi connectivity index (χ3v) is 3.89. The topological polar surface area (TPSA) is 97.7 Å². The van der Waals surface area contributed by atoms with Crippen LogP contribution >= 0.6 is 0 Å². The fraction of sp³-hybridized carbons (Fsp3) is 0.333. The number of aromatic amines is 1. The van der Waals surface area contributed by atoms with E-state index in [9.17, 15) is 4.79 Å². The van der Waals surface area contributed by atoms with Gasteiger partial charge < -0.3 is 14.6 Å². The number of carbonyl (C=O) groups excluding carboxylic acids is 1. The van der Waals surface area contributed by atoms with Gasteiger partial charge in [-0.15, -0.1) is 10.2 Å². The minimum absolute atomic E-state index is 0.214. The van der Waals surface area contributed by atoms with Crippen molar-refractivity contribution in [1.29, 1.82) is 0 Å². The van der Waals surface area contributed by atoms with Crippen molar-refractivity contribution in [3.63, 3.8) is 0 Å². The molecule has 0 aliphatic heterocycles. The summed E-state index contributed by atoms with van der Waals surface area (Å²) in [5.41, 5.74) is 1.02. The minimum atomic E-state index is -0.284. The number of rotatable bonds is 7. The van der Waals surface area contributed by atoms with E-state index in [1.165, 1.54) is 0 Å². The fourth-order valence-corrected chi connectivity index (χ4v) is 2.52. The molecule has 8 nitrogen and oxygen atoms in total. The standard InChI is InChI=1S/C18H22N6O2/c1-12(2)24-11-19-23-17(24)13(3)20-18(25)16-9-14(21-22-16)10-26-15-7-5-4-6-8-15/h4-9,11-13H,10H2,1-3H3,(H,20,25)(H,21,22)/t13-/m1/s1. The number of H-pyrrole nitrogens is 1. The maximum atomic E-state index is 12.4. The molecule has 0 radical (unpaired) electrons. The van der Waals surface area contributed by atoms with Gasteiger partial charge in [-0.2, -0.15) is 5.10 Å². The van der Waals surface area contributed by atoms with Crippen molar-refractivity contribution in [1.82, 2.24) is 30.3 Å². The van der Waals surface area contributed by atoms with Gasteiger partial charge in [0.1, 0.15) is 24.4 Å². The summed E-state index contributed by atoms with van der Waals surface area (Å²) >= 11 is 0. The van der Waals surface area contributed by atoms with E-state index in [0.29, 0.717) is 18.1 Å². The Morgan fingerprint density at radius 2 is 2.04 bits per heavy atom. The van der Waals surface area contributed by atoms with Crippen LogP contribution < -0.4 is 10.1 Å².